The molecule has 8 N–H and O–H groups in total. The lowest BCUT2D eigenvalue weighted by Gasteiger charge is -2.22. The number of ether oxygens (including phenoxy) is 1. The summed E-state index contributed by atoms with van der Waals surface area (Å²) < 4.78 is 21.1. The maximum atomic E-state index is 14.5. The fourth-order valence-electron chi connectivity index (χ4n) is 5.70. The number of primary amides is 1. The maximum absolute atomic E-state index is 14.5. The van der Waals surface area contributed by atoms with Crippen LogP contribution in [-0.2, 0) is 40.3 Å². The number of benzene rings is 1. The van der Waals surface area contributed by atoms with Crippen molar-refractivity contribution >= 4 is 22.8 Å². The van der Waals surface area contributed by atoms with E-state index in [9.17, 15) is 23.9 Å². The van der Waals surface area contributed by atoms with Crippen LogP contribution in [0.3, 0.4) is 0 Å². The third kappa shape index (κ3) is 5.96. The summed E-state index contributed by atoms with van der Waals surface area (Å²) >= 11 is 0. The first kappa shape index (κ1) is 31.6. The van der Waals surface area contributed by atoms with Crippen LogP contribution in [0.4, 0.5) is 4.39 Å². The number of halogens is 1. The Labute approximate surface area is 247 Å². The minimum absolute atomic E-state index is 0.0489. The molecule has 2 aliphatic heterocycles. The second kappa shape index (κ2) is 12.9. The molecule has 1 aliphatic carbocycles. The number of rotatable bonds is 5. The number of hydrogen-bond donors (Lipinski definition) is 5. The Morgan fingerprint density at radius 3 is 2.56 bits per heavy atom. The molecule has 1 aromatic carbocycles. The molecule has 1 atom stereocenters. The van der Waals surface area contributed by atoms with Gasteiger partial charge in [0.25, 0.3) is 5.56 Å². The Balaban J connectivity index is 0.000000258. The number of cyclic esters (lactones) is 1. The SMILES string of the molecule is CC.Cc1c(F)cc2nc3c(c4c2c1CCC4)Cn1c-3cc2c(c1=O)COC(=O)C2O.NC(=O)CN(N)/C=C(\N)CCO. The van der Waals surface area contributed by atoms with E-state index in [1.54, 1.807) is 17.6 Å². The van der Waals surface area contributed by atoms with E-state index in [1.165, 1.54) is 12.3 Å². The summed E-state index contributed by atoms with van der Waals surface area (Å²) in [5, 5.41) is 20.8. The van der Waals surface area contributed by atoms with Crippen molar-refractivity contribution in [1.29, 1.82) is 0 Å². The first-order chi connectivity index (χ1) is 20.5. The van der Waals surface area contributed by atoms with Crippen molar-refractivity contribution in [2.24, 2.45) is 17.3 Å². The normalized spacial score (nSPS) is 16.1. The van der Waals surface area contributed by atoms with Gasteiger partial charge in [-0.25, -0.2) is 20.0 Å². The van der Waals surface area contributed by atoms with E-state index >= 15 is 0 Å². The van der Waals surface area contributed by atoms with Gasteiger partial charge in [-0.15, -0.1) is 0 Å². The lowest BCUT2D eigenvalue weighted by Crippen LogP contribution is -2.35. The number of amides is 1. The van der Waals surface area contributed by atoms with Crippen LogP contribution < -0.4 is 22.9 Å². The van der Waals surface area contributed by atoms with Crippen molar-refractivity contribution in [3.05, 3.63) is 73.6 Å². The van der Waals surface area contributed by atoms with Crippen molar-refractivity contribution in [1.82, 2.24) is 14.6 Å². The molecule has 1 unspecified atom stereocenters. The highest BCUT2D eigenvalue weighted by molar-refractivity contribution is 5.92. The monoisotopic (exact) mass is 596 g/mol. The molecule has 3 aromatic rings. The summed E-state index contributed by atoms with van der Waals surface area (Å²) in [4.78, 5) is 39.9. The van der Waals surface area contributed by atoms with Gasteiger partial charge >= 0.3 is 5.97 Å². The zero-order chi connectivity index (χ0) is 31.6. The van der Waals surface area contributed by atoms with Crippen LogP contribution in [0.1, 0.15) is 66.2 Å². The lowest BCUT2D eigenvalue weighted by molar-refractivity contribution is -0.157. The molecule has 0 fully saturated rings. The van der Waals surface area contributed by atoms with E-state index in [-0.39, 0.29) is 36.7 Å². The van der Waals surface area contributed by atoms with Crippen LogP contribution in [-0.4, -0.2) is 49.8 Å². The van der Waals surface area contributed by atoms with E-state index in [1.807, 2.05) is 13.8 Å². The quantitative estimate of drug-likeness (QED) is 0.127. The van der Waals surface area contributed by atoms with Crippen molar-refractivity contribution in [2.75, 3.05) is 13.2 Å². The number of nitrogens with two attached hydrogens (primary N) is 3. The van der Waals surface area contributed by atoms with E-state index in [0.29, 0.717) is 46.7 Å². The number of aliphatic hydroxyl groups is 2. The Hall–Kier alpha value is -4.33. The average molecular weight is 597 g/mol. The highest BCUT2D eigenvalue weighted by atomic mass is 19.1. The van der Waals surface area contributed by atoms with Crippen LogP contribution in [0.15, 0.2) is 28.8 Å². The topological polar surface area (TPSA) is 200 Å². The van der Waals surface area contributed by atoms with Crippen molar-refractivity contribution in [3.63, 3.8) is 0 Å². The van der Waals surface area contributed by atoms with Crippen LogP contribution in [0, 0.1) is 12.7 Å². The zero-order valence-electron chi connectivity index (χ0n) is 24.4. The van der Waals surface area contributed by atoms with Gasteiger partial charge in [0.15, 0.2) is 6.10 Å². The van der Waals surface area contributed by atoms with Gasteiger partial charge in [-0.3, -0.25) is 9.59 Å². The lowest BCUT2D eigenvalue weighted by atomic mass is 9.85. The highest BCUT2D eigenvalue weighted by Crippen LogP contribution is 2.41. The first-order valence-electron chi connectivity index (χ1n) is 14.1. The number of esters is 1. The van der Waals surface area contributed by atoms with Gasteiger partial charge in [-0.05, 0) is 48.9 Å². The molecule has 0 bridgehead atoms. The Kier molecular flexibility index (Phi) is 9.48. The summed E-state index contributed by atoms with van der Waals surface area (Å²) in [6, 6.07) is 3.13. The molecule has 12 nitrogen and oxygen atoms in total. The summed E-state index contributed by atoms with van der Waals surface area (Å²) in [7, 11) is 0. The second-order valence-corrected chi connectivity index (χ2v) is 10.3. The van der Waals surface area contributed by atoms with Crippen molar-refractivity contribution in [2.45, 2.75) is 65.7 Å². The smallest absolute Gasteiger partial charge is 0.340 e. The molecule has 230 valence electrons. The van der Waals surface area contributed by atoms with Gasteiger partial charge in [0.1, 0.15) is 19.0 Å². The van der Waals surface area contributed by atoms with Gasteiger partial charge in [0, 0.05) is 47.5 Å². The van der Waals surface area contributed by atoms with Gasteiger partial charge in [-0.1, -0.05) is 13.8 Å². The molecule has 13 heteroatoms. The molecule has 6 rings (SSSR count). The van der Waals surface area contributed by atoms with Crippen LogP contribution in [0.5, 0.6) is 0 Å². The molecule has 43 heavy (non-hydrogen) atoms. The fourth-order valence-corrected chi connectivity index (χ4v) is 5.70. The van der Waals surface area contributed by atoms with E-state index in [2.05, 4.69) is 0 Å². The third-order valence-corrected chi connectivity index (χ3v) is 7.61. The fraction of sp³-hybridized carbons (Fsp3) is 0.400. The number of fused-ring (bicyclic) bond motifs is 5. The standard InChI is InChI=1S/C22H17FN2O4.C6H14N4O2.C2H6/c1-9-10-3-2-4-11-13-7-25-17(19(13)24-16(18(10)11)6-15(9)23)5-12-14(21(25)27)8-29-22(28)20(12)26;7-5(1-2-11)3-10(9)4-6(8)12;1-2/h5-6,20,26H,2-4,7-8H2,1H3;3,11H,1-2,4,7,9H2,(H2,8,12);1-2H3/b;5-3-;. The van der Waals surface area contributed by atoms with Gasteiger partial charge < -0.3 is 36.0 Å². The summed E-state index contributed by atoms with van der Waals surface area (Å²) in [5.74, 6) is 3.73. The molecule has 3 aliphatic rings. The second-order valence-electron chi connectivity index (χ2n) is 10.3. The van der Waals surface area contributed by atoms with E-state index in [4.69, 9.17) is 32.1 Å². The van der Waals surface area contributed by atoms with E-state index < -0.39 is 18.0 Å². The molecular weight excluding hydrogens is 559 g/mol. The highest BCUT2D eigenvalue weighted by Gasteiger charge is 2.35. The molecule has 0 spiro atoms. The number of carbonyl (C=O) groups is 2. The Bertz CT molecular complexity index is 1680. The van der Waals surface area contributed by atoms with E-state index in [0.717, 1.165) is 46.3 Å². The molecule has 0 saturated carbocycles. The number of carbonyl (C=O) groups excluding carboxylic acids is 2. The van der Waals surface area contributed by atoms with Crippen LogP contribution in [0.2, 0.25) is 0 Å². The summed E-state index contributed by atoms with van der Waals surface area (Å²) in [6.07, 6.45) is 2.80. The molecular formula is C30H37FN6O6. The number of aromatic nitrogens is 2. The van der Waals surface area contributed by atoms with Crippen LogP contribution >= 0.6 is 0 Å². The minimum atomic E-state index is -1.48. The van der Waals surface area contributed by atoms with Gasteiger partial charge in [0.05, 0.1) is 29.0 Å². The number of nitrogens with zero attached hydrogens (tertiary/aromatic N) is 3. The molecule has 2 aromatic heterocycles. The van der Waals surface area contributed by atoms with Crippen molar-refractivity contribution in [3.8, 4) is 11.4 Å². The van der Waals surface area contributed by atoms with Gasteiger partial charge in [0.2, 0.25) is 5.91 Å². The number of aryl methyl sites for hydroxylation is 2. The third-order valence-electron chi connectivity index (χ3n) is 7.61. The zero-order valence-corrected chi connectivity index (χ0v) is 24.4. The Morgan fingerprint density at radius 1 is 1.19 bits per heavy atom. The maximum Gasteiger partial charge on any atom is 0.340 e. The predicted octanol–water partition coefficient (Wildman–Crippen LogP) is 1.31. The predicted molar refractivity (Wildman–Crippen MR) is 157 cm³/mol. The Morgan fingerprint density at radius 2 is 1.88 bits per heavy atom. The number of hydrazine groups is 1. The minimum Gasteiger partial charge on any atom is -0.458 e. The van der Waals surface area contributed by atoms with Crippen molar-refractivity contribution < 1.29 is 28.9 Å². The summed E-state index contributed by atoms with van der Waals surface area (Å²) in [6.45, 7) is 5.91. The molecule has 0 radical (unpaired) electrons. The average Bonchev–Trinajstić information content (AvgIpc) is 3.34. The van der Waals surface area contributed by atoms with Crippen LogP contribution in [0.25, 0.3) is 22.3 Å². The number of pyridine rings is 2. The molecule has 0 saturated heterocycles. The molecule has 1 amide bonds. The number of aliphatic hydroxyl groups excluding tert-OH is 2. The summed E-state index contributed by atoms with van der Waals surface area (Å²) in [5.41, 5.74) is 16.5. The number of hydrogen-bond acceptors (Lipinski definition) is 10. The largest absolute Gasteiger partial charge is 0.458 e. The van der Waals surface area contributed by atoms with Gasteiger partial charge in [-0.2, -0.15) is 0 Å². The first-order valence-corrected chi connectivity index (χ1v) is 14.1. The molecule has 4 heterocycles.